The lowest BCUT2D eigenvalue weighted by atomic mass is 10.0. The number of quaternary nitrogens is 1. The monoisotopic (exact) mass is 964 g/mol. The van der Waals surface area contributed by atoms with Gasteiger partial charge in [0.2, 0.25) is 0 Å². The van der Waals surface area contributed by atoms with Crippen LogP contribution in [-0.2, 0) is 27.9 Å². The largest absolute Gasteiger partial charge is 0.756 e. The highest BCUT2D eigenvalue weighted by atomic mass is 31.2. The average molecular weight is 964 g/mol. The summed E-state index contributed by atoms with van der Waals surface area (Å²) in [6.07, 6.45) is 64.3. The number of phosphoric acid groups is 1. The first-order valence-electron chi connectivity index (χ1n) is 28.4. The smallest absolute Gasteiger partial charge is 0.306 e. The first-order valence-corrected chi connectivity index (χ1v) is 29.8. The Kier molecular flexibility index (Phi) is 49.7. The molecule has 0 spiro atoms. The van der Waals surface area contributed by atoms with E-state index in [4.69, 9.17) is 18.5 Å². The van der Waals surface area contributed by atoms with E-state index < -0.39 is 13.9 Å². The predicted octanol–water partition coefficient (Wildman–Crippen LogP) is 17.2. The molecule has 0 aromatic carbocycles. The minimum Gasteiger partial charge on any atom is -0.756 e. The van der Waals surface area contributed by atoms with E-state index in [9.17, 15) is 14.3 Å². The molecule has 0 heterocycles. The molecule has 2 atom stereocenters. The number of unbranched alkanes of at least 4 members (excludes halogenated alkanes) is 31. The molecule has 0 aromatic rings. The highest BCUT2D eigenvalue weighted by Gasteiger charge is 2.20. The fourth-order valence-corrected chi connectivity index (χ4v) is 8.69. The highest BCUT2D eigenvalue weighted by molar-refractivity contribution is 7.45. The zero-order chi connectivity index (χ0) is 49.0. The van der Waals surface area contributed by atoms with Gasteiger partial charge in [0.25, 0.3) is 7.82 Å². The predicted molar refractivity (Wildman–Crippen MR) is 286 cm³/mol. The minimum absolute atomic E-state index is 0.0233. The Morgan fingerprint density at radius 3 is 1.24 bits per heavy atom. The minimum atomic E-state index is -4.54. The zero-order valence-corrected chi connectivity index (χ0v) is 45.7. The maximum atomic E-state index is 12.8. The molecule has 8 nitrogen and oxygen atoms in total. The number of phosphoric ester groups is 1. The van der Waals surface area contributed by atoms with Crippen molar-refractivity contribution in [3.05, 3.63) is 48.6 Å². The number of likely N-dealkylation sites (N-methyl/N-ethyl adjacent to an activating group) is 1. The SMILES string of the molecule is CCCCCCC/C=C\C/C=C\C/C=C\CCCCCCCCCOCC(COP(=O)([O-])OCC[N+](C)(C)C)OC(=O)CCCCCCCCCCCCC/C=C\CCCCCCCCCC. The molecular formula is C58H110NO7P. The third-order valence-electron chi connectivity index (χ3n) is 12.4. The van der Waals surface area contributed by atoms with Crippen LogP contribution in [0.2, 0.25) is 0 Å². The summed E-state index contributed by atoms with van der Waals surface area (Å²) in [7, 11) is 1.35. The summed E-state index contributed by atoms with van der Waals surface area (Å²) in [6, 6.07) is 0. The topological polar surface area (TPSA) is 94.1 Å². The van der Waals surface area contributed by atoms with Gasteiger partial charge in [-0.1, -0.05) is 223 Å². The summed E-state index contributed by atoms with van der Waals surface area (Å²) in [5, 5.41) is 0. The molecule has 0 saturated heterocycles. The molecule has 0 aliphatic rings. The van der Waals surface area contributed by atoms with Crippen molar-refractivity contribution in [1.29, 1.82) is 0 Å². The fraction of sp³-hybridized carbons (Fsp3) is 0.845. The maximum Gasteiger partial charge on any atom is 0.306 e. The number of esters is 1. The summed E-state index contributed by atoms with van der Waals surface area (Å²) in [4.78, 5) is 25.2. The number of ether oxygens (including phenoxy) is 2. The number of carbonyl (C=O) groups excluding carboxylic acids is 1. The van der Waals surface area contributed by atoms with E-state index in [1.54, 1.807) is 0 Å². The summed E-state index contributed by atoms with van der Waals surface area (Å²) in [5.74, 6) is -0.336. The Morgan fingerprint density at radius 2 is 0.821 bits per heavy atom. The summed E-state index contributed by atoms with van der Waals surface area (Å²) in [6.45, 7) is 5.41. The third-order valence-corrected chi connectivity index (χ3v) is 13.3. The summed E-state index contributed by atoms with van der Waals surface area (Å²) >= 11 is 0. The second kappa shape index (κ2) is 50.8. The van der Waals surface area contributed by atoms with Crippen LogP contribution >= 0.6 is 7.82 Å². The van der Waals surface area contributed by atoms with Crippen LogP contribution in [-0.4, -0.2) is 70.7 Å². The molecular weight excluding hydrogens is 854 g/mol. The highest BCUT2D eigenvalue weighted by Crippen LogP contribution is 2.38. The van der Waals surface area contributed by atoms with Gasteiger partial charge in [-0.15, -0.1) is 0 Å². The van der Waals surface area contributed by atoms with Gasteiger partial charge in [-0.2, -0.15) is 0 Å². The third kappa shape index (κ3) is 55.3. The van der Waals surface area contributed by atoms with Crippen LogP contribution in [0.4, 0.5) is 0 Å². The lowest BCUT2D eigenvalue weighted by Crippen LogP contribution is -2.37. The molecule has 0 saturated carbocycles. The van der Waals surface area contributed by atoms with E-state index in [0.29, 0.717) is 24.1 Å². The van der Waals surface area contributed by atoms with E-state index in [-0.39, 0.29) is 25.8 Å². The van der Waals surface area contributed by atoms with Gasteiger partial charge >= 0.3 is 5.97 Å². The Bertz CT molecular complexity index is 1210. The number of rotatable bonds is 53. The molecule has 2 unspecified atom stereocenters. The molecule has 0 radical (unpaired) electrons. The molecule has 0 fully saturated rings. The number of hydrogen-bond donors (Lipinski definition) is 0. The van der Waals surface area contributed by atoms with Gasteiger partial charge in [-0.3, -0.25) is 9.36 Å². The lowest BCUT2D eigenvalue weighted by Gasteiger charge is -2.28. The van der Waals surface area contributed by atoms with Gasteiger partial charge < -0.3 is 27.9 Å². The molecule has 394 valence electrons. The van der Waals surface area contributed by atoms with Gasteiger partial charge in [-0.25, -0.2) is 0 Å². The maximum absolute atomic E-state index is 12.8. The van der Waals surface area contributed by atoms with E-state index in [0.717, 1.165) is 51.4 Å². The van der Waals surface area contributed by atoms with Crippen LogP contribution in [0, 0.1) is 0 Å². The zero-order valence-electron chi connectivity index (χ0n) is 44.9. The van der Waals surface area contributed by atoms with Gasteiger partial charge in [0.1, 0.15) is 19.3 Å². The summed E-state index contributed by atoms with van der Waals surface area (Å²) in [5.41, 5.74) is 0. The van der Waals surface area contributed by atoms with Gasteiger partial charge in [0.15, 0.2) is 0 Å². The van der Waals surface area contributed by atoms with Crippen LogP contribution in [0.3, 0.4) is 0 Å². The first kappa shape index (κ1) is 65.5. The van der Waals surface area contributed by atoms with Crippen molar-refractivity contribution in [2.75, 3.05) is 54.1 Å². The Hall–Kier alpha value is -1.54. The van der Waals surface area contributed by atoms with Crippen molar-refractivity contribution in [2.45, 2.75) is 264 Å². The van der Waals surface area contributed by atoms with Crippen LogP contribution < -0.4 is 4.89 Å². The molecule has 0 N–H and O–H groups in total. The van der Waals surface area contributed by atoms with Gasteiger partial charge in [0.05, 0.1) is 34.4 Å². The van der Waals surface area contributed by atoms with E-state index in [1.165, 1.54) is 186 Å². The number of allylic oxidation sites excluding steroid dienone is 8. The second-order valence-electron chi connectivity index (χ2n) is 20.3. The molecule has 0 aromatic heterocycles. The fourth-order valence-electron chi connectivity index (χ4n) is 7.96. The van der Waals surface area contributed by atoms with E-state index >= 15 is 0 Å². The lowest BCUT2D eigenvalue weighted by molar-refractivity contribution is -0.870. The number of nitrogens with zero attached hydrogens (tertiary/aromatic N) is 1. The Morgan fingerprint density at radius 1 is 0.463 bits per heavy atom. The molecule has 0 aliphatic heterocycles. The van der Waals surface area contributed by atoms with Gasteiger partial charge in [-0.05, 0) is 77.0 Å². The second-order valence-corrected chi connectivity index (χ2v) is 21.7. The number of carbonyl (C=O) groups is 1. The quantitative estimate of drug-likeness (QED) is 0.0197. The van der Waals surface area contributed by atoms with Crippen LogP contribution in [0.5, 0.6) is 0 Å². The Balaban J connectivity index is 4.11. The molecule has 0 aliphatic carbocycles. The van der Waals surface area contributed by atoms with Gasteiger partial charge in [0, 0.05) is 13.0 Å². The number of hydrogen-bond acceptors (Lipinski definition) is 7. The van der Waals surface area contributed by atoms with Crippen molar-refractivity contribution in [3.8, 4) is 0 Å². The molecule has 0 amide bonds. The molecule has 9 heteroatoms. The first-order chi connectivity index (χ1) is 32.6. The standard InChI is InChI=1S/C58H110NO7P/c1-6-8-10-12-14-16-18-20-22-24-26-28-30-31-33-35-37-39-41-43-45-47-49-51-58(60)66-57(56-65-67(61,62)64-54-52-59(3,4)5)55-63-53-50-48-46-44-42-40-38-36-34-32-29-27-25-23-21-19-17-15-13-11-9-7-2/h19,21,24-27,32,34,57H,6-18,20,22-23,28-31,33,35-56H2,1-5H3/b21-19-,26-24-,27-25-,34-32-. The van der Waals surface area contributed by atoms with Crippen LogP contribution in [0.25, 0.3) is 0 Å². The van der Waals surface area contributed by atoms with Crippen molar-refractivity contribution in [3.63, 3.8) is 0 Å². The van der Waals surface area contributed by atoms with Crippen molar-refractivity contribution in [1.82, 2.24) is 0 Å². The summed E-state index contributed by atoms with van der Waals surface area (Å²) < 4.78 is 34.8. The molecule has 0 bridgehead atoms. The van der Waals surface area contributed by atoms with Crippen LogP contribution in [0.1, 0.15) is 258 Å². The van der Waals surface area contributed by atoms with Crippen molar-refractivity contribution < 1.29 is 37.3 Å². The molecule has 67 heavy (non-hydrogen) atoms. The Labute approximate surface area is 416 Å². The van der Waals surface area contributed by atoms with Crippen LogP contribution in [0.15, 0.2) is 48.6 Å². The average Bonchev–Trinajstić information content (AvgIpc) is 3.29. The van der Waals surface area contributed by atoms with E-state index in [2.05, 4.69) is 62.5 Å². The van der Waals surface area contributed by atoms with Crippen molar-refractivity contribution >= 4 is 13.8 Å². The molecule has 0 rings (SSSR count). The normalized spacial score (nSPS) is 13.8. The van der Waals surface area contributed by atoms with Crippen molar-refractivity contribution in [2.24, 2.45) is 0 Å². The van der Waals surface area contributed by atoms with E-state index in [1.807, 2.05) is 21.1 Å².